The van der Waals surface area contributed by atoms with Crippen LogP contribution in [0.1, 0.15) is 5.56 Å². The van der Waals surface area contributed by atoms with E-state index >= 15 is 0 Å². The molecule has 3 rings (SSSR count). The number of imidazole rings is 1. The molecule has 0 aliphatic rings. The number of benzene rings is 1. The second-order valence-electron chi connectivity index (χ2n) is 4.37. The molecule has 0 aliphatic heterocycles. The number of nitrogen functional groups attached to an aromatic ring is 1. The molecule has 0 saturated carbocycles. The molecule has 4 nitrogen and oxygen atoms in total. The second-order valence-corrected chi connectivity index (χ2v) is 4.37. The first kappa shape index (κ1) is 10.7. The molecule has 4 heteroatoms. The van der Waals surface area contributed by atoms with Crippen molar-refractivity contribution >= 4 is 11.3 Å². The number of hydrogen-bond donors (Lipinski definition) is 2. The molecule has 0 spiro atoms. The molecule has 3 aromatic rings. The first-order valence-corrected chi connectivity index (χ1v) is 5.68. The van der Waals surface area contributed by atoms with Gasteiger partial charge in [0.15, 0.2) is 0 Å². The number of aromatic nitrogens is 2. The summed E-state index contributed by atoms with van der Waals surface area (Å²) in [7, 11) is 0. The molecule has 2 aromatic heterocycles. The Labute approximate surface area is 104 Å². The van der Waals surface area contributed by atoms with E-state index in [-0.39, 0.29) is 5.75 Å². The normalized spacial score (nSPS) is 10.9. The summed E-state index contributed by atoms with van der Waals surface area (Å²) >= 11 is 0. The minimum absolute atomic E-state index is 0.0957. The van der Waals surface area contributed by atoms with Crippen LogP contribution in [0, 0.1) is 6.92 Å². The van der Waals surface area contributed by atoms with Gasteiger partial charge in [-0.2, -0.15) is 0 Å². The van der Waals surface area contributed by atoms with Crippen LogP contribution in [-0.2, 0) is 0 Å². The van der Waals surface area contributed by atoms with Crippen molar-refractivity contribution in [3.63, 3.8) is 0 Å². The third kappa shape index (κ3) is 1.68. The SMILES string of the molecule is Cc1ccn2cc(-c3ccc(O)c(N)c3)nc2c1. The average molecular weight is 239 g/mol. The molecule has 0 fully saturated rings. The predicted molar refractivity (Wildman–Crippen MR) is 71.4 cm³/mol. The van der Waals surface area contributed by atoms with Gasteiger partial charge in [-0.15, -0.1) is 0 Å². The number of phenolic OH excluding ortho intramolecular Hbond substituents is 1. The zero-order valence-corrected chi connectivity index (χ0v) is 9.96. The zero-order chi connectivity index (χ0) is 12.7. The lowest BCUT2D eigenvalue weighted by molar-refractivity contribution is 0.478. The molecule has 1 aromatic carbocycles. The van der Waals surface area contributed by atoms with E-state index in [1.54, 1.807) is 18.2 Å². The Bertz CT molecular complexity index is 731. The van der Waals surface area contributed by atoms with Crippen molar-refractivity contribution in [1.82, 2.24) is 9.38 Å². The number of rotatable bonds is 1. The highest BCUT2D eigenvalue weighted by Gasteiger charge is 2.06. The van der Waals surface area contributed by atoms with E-state index in [0.29, 0.717) is 5.69 Å². The van der Waals surface area contributed by atoms with Crippen molar-refractivity contribution in [3.05, 3.63) is 48.3 Å². The van der Waals surface area contributed by atoms with Gasteiger partial charge in [-0.1, -0.05) is 0 Å². The number of nitrogens with zero attached hydrogens (tertiary/aromatic N) is 2. The molecule has 2 heterocycles. The molecule has 3 N–H and O–H groups in total. The van der Waals surface area contributed by atoms with Crippen molar-refractivity contribution in [2.45, 2.75) is 6.92 Å². The Morgan fingerprint density at radius 2 is 2.06 bits per heavy atom. The van der Waals surface area contributed by atoms with Gasteiger partial charge >= 0.3 is 0 Å². The van der Waals surface area contributed by atoms with Crippen LogP contribution in [-0.4, -0.2) is 14.5 Å². The molecule has 0 bridgehead atoms. The van der Waals surface area contributed by atoms with E-state index in [2.05, 4.69) is 4.98 Å². The van der Waals surface area contributed by atoms with Crippen molar-refractivity contribution in [1.29, 1.82) is 0 Å². The van der Waals surface area contributed by atoms with Crippen LogP contribution in [0.25, 0.3) is 16.9 Å². The standard InChI is InChI=1S/C14H13N3O/c1-9-4-5-17-8-12(16-14(17)6-9)10-2-3-13(18)11(15)7-10/h2-8,18H,15H2,1H3. The molecule has 90 valence electrons. The van der Waals surface area contributed by atoms with Crippen molar-refractivity contribution in [2.24, 2.45) is 0 Å². The molecular weight excluding hydrogens is 226 g/mol. The van der Waals surface area contributed by atoms with E-state index in [0.717, 1.165) is 16.9 Å². The second kappa shape index (κ2) is 3.77. The lowest BCUT2D eigenvalue weighted by Crippen LogP contribution is -1.86. The van der Waals surface area contributed by atoms with Crippen molar-refractivity contribution in [3.8, 4) is 17.0 Å². The highest BCUT2D eigenvalue weighted by atomic mass is 16.3. The van der Waals surface area contributed by atoms with Gasteiger partial charge in [-0.3, -0.25) is 0 Å². The van der Waals surface area contributed by atoms with Gasteiger partial charge in [0.05, 0.1) is 11.4 Å². The van der Waals surface area contributed by atoms with Crippen LogP contribution in [0.2, 0.25) is 0 Å². The Hall–Kier alpha value is -2.49. The summed E-state index contributed by atoms with van der Waals surface area (Å²) in [5, 5.41) is 9.42. The third-order valence-electron chi connectivity index (χ3n) is 2.94. The topological polar surface area (TPSA) is 63.5 Å². The fraction of sp³-hybridized carbons (Fsp3) is 0.0714. The van der Waals surface area contributed by atoms with Crippen molar-refractivity contribution in [2.75, 3.05) is 5.73 Å². The van der Waals surface area contributed by atoms with Crippen LogP contribution in [0.4, 0.5) is 5.69 Å². The minimum atomic E-state index is 0.0957. The zero-order valence-electron chi connectivity index (χ0n) is 9.96. The summed E-state index contributed by atoms with van der Waals surface area (Å²) in [6.07, 6.45) is 3.92. The van der Waals surface area contributed by atoms with Gasteiger partial charge in [0.2, 0.25) is 0 Å². The van der Waals surface area contributed by atoms with Gasteiger partial charge in [-0.05, 0) is 42.8 Å². The van der Waals surface area contributed by atoms with Gasteiger partial charge in [-0.25, -0.2) is 4.98 Å². The number of nitrogens with two attached hydrogens (primary N) is 1. The third-order valence-corrected chi connectivity index (χ3v) is 2.94. The summed E-state index contributed by atoms with van der Waals surface area (Å²) in [4.78, 5) is 4.54. The van der Waals surface area contributed by atoms with Crippen LogP contribution in [0.5, 0.6) is 5.75 Å². The number of phenols is 1. The van der Waals surface area contributed by atoms with E-state index in [1.807, 2.05) is 35.9 Å². The van der Waals surface area contributed by atoms with Gasteiger partial charge in [0.25, 0.3) is 0 Å². The lowest BCUT2D eigenvalue weighted by Gasteiger charge is -2.00. The molecule has 18 heavy (non-hydrogen) atoms. The molecule has 0 radical (unpaired) electrons. The number of hydrogen-bond acceptors (Lipinski definition) is 3. The summed E-state index contributed by atoms with van der Waals surface area (Å²) < 4.78 is 1.96. The maximum Gasteiger partial charge on any atom is 0.138 e. The van der Waals surface area contributed by atoms with E-state index in [9.17, 15) is 5.11 Å². The number of pyridine rings is 1. The highest BCUT2D eigenvalue weighted by Crippen LogP contribution is 2.27. The summed E-state index contributed by atoms with van der Waals surface area (Å²) in [5.41, 5.74) is 9.86. The molecule has 0 saturated heterocycles. The molecule has 0 atom stereocenters. The predicted octanol–water partition coefficient (Wildman–Crippen LogP) is 2.60. The van der Waals surface area contributed by atoms with Gasteiger partial charge < -0.3 is 15.2 Å². The molecular formula is C14H13N3O. The molecule has 0 aliphatic carbocycles. The largest absolute Gasteiger partial charge is 0.506 e. The minimum Gasteiger partial charge on any atom is -0.506 e. The fourth-order valence-electron chi connectivity index (χ4n) is 1.94. The smallest absolute Gasteiger partial charge is 0.138 e. The monoisotopic (exact) mass is 239 g/mol. The lowest BCUT2D eigenvalue weighted by atomic mass is 10.1. The van der Waals surface area contributed by atoms with Gasteiger partial charge in [0.1, 0.15) is 11.4 Å². The Balaban J connectivity index is 2.16. The number of anilines is 1. The Morgan fingerprint density at radius 1 is 1.22 bits per heavy atom. The molecule has 0 amide bonds. The van der Waals surface area contributed by atoms with Crippen LogP contribution in [0.15, 0.2) is 42.7 Å². The summed E-state index contributed by atoms with van der Waals surface area (Å²) in [6, 6.07) is 9.17. The first-order chi connectivity index (χ1) is 8.63. The van der Waals surface area contributed by atoms with E-state index < -0.39 is 0 Å². The highest BCUT2D eigenvalue weighted by molar-refractivity contribution is 5.69. The quantitative estimate of drug-likeness (QED) is 0.506. The number of fused-ring (bicyclic) bond motifs is 1. The Kier molecular flexibility index (Phi) is 2.23. The summed E-state index contributed by atoms with van der Waals surface area (Å²) in [6.45, 7) is 2.03. The van der Waals surface area contributed by atoms with E-state index in [4.69, 9.17) is 5.73 Å². The first-order valence-electron chi connectivity index (χ1n) is 5.68. The average Bonchev–Trinajstić information content (AvgIpc) is 2.75. The maximum atomic E-state index is 9.42. The maximum absolute atomic E-state index is 9.42. The number of aryl methyl sites for hydroxylation is 1. The Morgan fingerprint density at radius 3 is 2.83 bits per heavy atom. The van der Waals surface area contributed by atoms with Crippen LogP contribution in [0.3, 0.4) is 0 Å². The van der Waals surface area contributed by atoms with Crippen LogP contribution < -0.4 is 5.73 Å². The van der Waals surface area contributed by atoms with E-state index in [1.165, 1.54) is 5.56 Å². The summed E-state index contributed by atoms with van der Waals surface area (Å²) in [5.74, 6) is 0.0957. The van der Waals surface area contributed by atoms with Crippen LogP contribution >= 0.6 is 0 Å². The number of aromatic hydroxyl groups is 1. The van der Waals surface area contributed by atoms with Gasteiger partial charge in [0, 0.05) is 18.0 Å². The molecule has 0 unspecified atom stereocenters. The van der Waals surface area contributed by atoms with Crippen molar-refractivity contribution < 1.29 is 5.11 Å². The fourth-order valence-corrected chi connectivity index (χ4v) is 1.94.